The number of carbonyl (C=O) groups is 3. The smallest absolute Gasteiger partial charge is 0.331 e. The number of hydrogen-bond donors (Lipinski definition) is 1. The number of cyclic esters (lactones) is 1. The Morgan fingerprint density at radius 1 is 1.07 bits per heavy atom. The largest absolute Gasteiger partial charge is 0.458 e. The van der Waals surface area contributed by atoms with Crippen molar-refractivity contribution in [1.82, 2.24) is 0 Å². The minimum absolute atomic E-state index is 0.0568. The average Bonchev–Trinajstić information content (AvgIpc) is 3.13. The summed E-state index contributed by atoms with van der Waals surface area (Å²) in [5, 5.41) is 12.0. The first-order valence-corrected chi connectivity index (χ1v) is 10.8. The van der Waals surface area contributed by atoms with E-state index in [2.05, 4.69) is 13.8 Å². The molecule has 5 rings (SSSR count). The second-order valence-electron chi connectivity index (χ2n) is 10.5. The van der Waals surface area contributed by atoms with Gasteiger partial charge in [0.15, 0.2) is 0 Å². The minimum atomic E-state index is -1.03. The quantitative estimate of drug-likeness (QED) is 0.701. The molecular weight excluding hydrogens is 356 g/mol. The molecule has 0 unspecified atom stereocenters. The van der Waals surface area contributed by atoms with E-state index in [4.69, 9.17) is 4.74 Å². The predicted octanol–water partition coefficient (Wildman–Crippen LogP) is 2.99. The van der Waals surface area contributed by atoms with E-state index in [0.717, 1.165) is 37.7 Å². The van der Waals surface area contributed by atoms with Crippen LogP contribution in [0.2, 0.25) is 0 Å². The van der Waals surface area contributed by atoms with Gasteiger partial charge in [-0.05, 0) is 60.8 Å². The highest BCUT2D eigenvalue weighted by molar-refractivity contribution is 5.93. The topological polar surface area (TPSA) is 80.7 Å². The van der Waals surface area contributed by atoms with Crippen molar-refractivity contribution in [2.45, 2.75) is 70.8 Å². The lowest BCUT2D eigenvalue weighted by molar-refractivity contribution is -0.203. The van der Waals surface area contributed by atoms with E-state index < -0.39 is 16.9 Å². The van der Waals surface area contributed by atoms with Crippen LogP contribution in [0.1, 0.15) is 65.2 Å². The van der Waals surface area contributed by atoms with E-state index >= 15 is 0 Å². The molecule has 0 aromatic rings. The van der Waals surface area contributed by atoms with Gasteiger partial charge in [0.05, 0.1) is 11.5 Å². The van der Waals surface area contributed by atoms with Crippen LogP contribution in [-0.2, 0) is 19.1 Å². The summed E-state index contributed by atoms with van der Waals surface area (Å²) < 4.78 is 5.09. The zero-order chi connectivity index (χ0) is 19.9. The fourth-order valence-electron chi connectivity index (χ4n) is 8.00. The highest BCUT2D eigenvalue weighted by Gasteiger charge is 2.70. The van der Waals surface area contributed by atoms with Crippen LogP contribution in [0.25, 0.3) is 0 Å². The molecule has 5 aliphatic rings. The fraction of sp³-hybridized carbons (Fsp3) is 0.783. The number of Topliss-reactive ketones (excluding diaryl/α,β-unsaturated/α-hetero) is 2. The number of fused-ring (bicyclic) bond motifs is 5. The van der Waals surface area contributed by atoms with E-state index in [-0.39, 0.29) is 36.1 Å². The zero-order valence-electron chi connectivity index (χ0n) is 16.8. The van der Waals surface area contributed by atoms with Crippen molar-refractivity contribution in [3.8, 4) is 0 Å². The fourth-order valence-corrected chi connectivity index (χ4v) is 8.00. The number of aliphatic hydroxyl groups is 1. The zero-order valence-corrected chi connectivity index (χ0v) is 16.8. The summed E-state index contributed by atoms with van der Waals surface area (Å²) in [6, 6.07) is 0. The summed E-state index contributed by atoms with van der Waals surface area (Å²) in [5.74, 6) is 0.515. The summed E-state index contributed by atoms with van der Waals surface area (Å²) in [6.45, 7) is 4.56. The molecule has 4 saturated carbocycles. The van der Waals surface area contributed by atoms with Crippen LogP contribution < -0.4 is 0 Å². The Morgan fingerprint density at radius 3 is 2.57 bits per heavy atom. The van der Waals surface area contributed by atoms with Gasteiger partial charge in [0.2, 0.25) is 0 Å². The molecule has 4 fully saturated rings. The molecule has 0 saturated heterocycles. The van der Waals surface area contributed by atoms with E-state index in [9.17, 15) is 19.5 Å². The third-order valence-electron chi connectivity index (χ3n) is 9.54. The molecular formula is C23H30O5. The molecule has 5 nitrogen and oxygen atoms in total. The van der Waals surface area contributed by atoms with Gasteiger partial charge in [-0.3, -0.25) is 9.59 Å². The first-order valence-electron chi connectivity index (χ1n) is 10.8. The van der Waals surface area contributed by atoms with Crippen LogP contribution in [0.3, 0.4) is 0 Å². The monoisotopic (exact) mass is 386 g/mol. The molecule has 0 bridgehead atoms. The van der Waals surface area contributed by atoms with Gasteiger partial charge in [-0.25, -0.2) is 4.79 Å². The van der Waals surface area contributed by atoms with Crippen LogP contribution in [0.4, 0.5) is 0 Å². The summed E-state index contributed by atoms with van der Waals surface area (Å²) >= 11 is 0. The van der Waals surface area contributed by atoms with Crippen LogP contribution in [0.15, 0.2) is 11.6 Å². The molecule has 28 heavy (non-hydrogen) atoms. The van der Waals surface area contributed by atoms with E-state index in [1.54, 1.807) is 0 Å². The van der Waals surface area contributed by atoms with Crippen molar-refractivity contribution in [2.75, 3.05) is 6.61 Å². The van der Waals surface area contributed by atoms with Gasteiger partial charge in [-0.1, -0.05) is 13.8 Å². The Balaban J connectivity index is 1.52. The first-order chi connectivity index (χ1) is 13.2. The summed E-state index contributed by atoms with van der Waals surface area (Å²) in [5.41, 5.74) is -0.742. The molecule has 0 spiro atoms. The van der Waals surface area contributed by atoms with Gasteiger partial charge in [0, 0.05) is 30.8 Å². The molecule has 1 N–H and O–H groups in total. The third-order valence-corrected chi connectivity index (χ3v) is 9.54. The molecule has 0 aromatic heterocycles. The SMILES string of the molecule is C[C@]12CCC(=O)C[C@H]1CC[C@@H]1[C@@H]2CC[C@]2(C)[C@@H](C3=CC(=O)OC3)C(=O)C[C@]12O. The Kier molecular flexibility index (Phi) is 3.82. The van der Waals surface area contributed by atoms with Gasteiger partial charge >= 0.3 is 5.97 Å². The van der Waals surface area contributed by atoms with Crippen LogP contribution in [0, 0.1) is 34.5 Å². The lowest BCUT2D eigenvalue weighted by Gasteiger charge is -2.62. The Labute approximate surface area is 165 Å². The van der Waals surface area contributed by atoms with Crippen LogP contribution in [0.5, 0.6) is 0 Å². The molecule has 0 radical (unpaired) electrons. The molecule has 1 heterocycles. The van der Waals surface area contributed by atoms with Crippen molar-refractivity contribution in [3.05, 3.63) is 11.6 Å². The minimum Gasteiger partial charge on any atom is -0.458 e. The Hall–Kier alpha value is -1.49. The van der Waals surface area contributed by atoms with Crippen LogP contribution in [-0.4, -0.2) is 34.9 Å². The molecule has 7 atom stereocenters. The maximum absolute atomic E-state index is 13.1. The summed E-state index contributed by atoms with van der Waals surface area (Å²) in [7, 11) is 0. The van der Waals surface area contributed by atoms with Crippen molar-refractivity contribution in [2.24, 2.45) is 34.5 Å². The van der Waals surface area contributed by atoms with Gasteiger partial charge in [0.25, 0.3) is 0 Å². The maximum atomic E-state index is 13.1. The average molecular weight is 386 g/mol. The highest BCUT2D eigenvalue weighted by Crippen LogP contribution is 2.69. The standard InChI is InChI=1S/C23H30O5/c1-21-7-5-15(24)10-14(21)3-4-17-16(21)6-8-22(2)20(13-9-19(26)28-12-13)18(25)11-23(17,22)27/h9,14,16-17,20,27H,3-8,10-12H2,1-2H3/t14-,16+,17-,20+,21+,22-,23+/m1/s1. The molecule has 5 heteroatoms. The van der Waals surface area contributed by atoms with E-state index in [0.29, 0.717) is 30.5 Å². The number of hydrogen-bond acceptors (Lipinski definition) is 5. The molecule has 0 amide bonds. The lowest BCUT2D eigenvalue weighted by atomic mass is 9.43. The molecule has 0 aromatic carbocycles. The van der Waals surface area contributed by atoms with Crippen LogP contribution >= 0.6 is 0 Å². The lowest BCUT2D eigenvalue weighted by Crippen LogP contribution is -2.62. The van der Waals surface area contributed by atoms with E-state index in [1.165, 1.54) is 6.08 Å². The normalized spacial score (nSPS) is 50.5. The summed E-state index contributed by atoms with van der Waals surface area (Å²) in [6.07, 6.45) is 7.51. The summed E-state index contributed by atoms with van der Waals surface area (Å²) in [4.78, 5) is 36.8. The van der Waals surface area contributed by atoms with Crippen molar-refractivity contribution in [1.29, 1.82) is 0 Å². The van der Waals surface area contributed by atoms with Crippen molar-refractivity contribution < 1.29 is 24.2 Å². The first kappa shape index (κ1) is 18.5. The highest BCUT2D eigenvalue weighted by atomic mass is 16.5. The van der Waals surface area contributed by atoms with Crippen molar-refractivity contribution >= 4 is 17.5 Å². The number of ether oxygens (including phenoxy) is 1. The van der Waals surface area contributed by atoms with E-state index in [1.807, 2.05) is 0 Å². The molecule has 1 aliphatic heterocycles. The number of carbonyl (C=O) groups excluding carboxylic acids is 3. The second-order valence-corrected chi connectivity index (χ2v) is 10.5. The second kappa shape index (κ2) is 5.78. The van der Waals surface area contributed by atoms with Crippen molar-refractivity contribution in [3.63, 3.8) is 0 Å². The number of rotatable bonds is 1. The molecule has 152 valence electrons. The Bertz CT molecular complexity index is 799. The number of esters is 1. The molecule has 4 aliphatic carbocycles. The van der Waals surface area contributed by atoms with Gasteiger partial charge in [-0.2, -0.15) is 0 Å². The Morgan fingerprint density at radius 2 is 1.86 bits per heavy atom. The van der Waals surface area contributed by atoms with Gasteiger partial charge in [0.1, 0.15) is 18.2 Å². The van der Waals surface area contributed by atoms with Gasteiger partial charge < -0.3 is 9.84 Å². The maximum Gasteiger partial charge on any atom is 0.331 e. The predicted molar refractivity (Wildman–Crippen MR) is 101 cm³/mol. The van der Waals surface area contributed by atoms with Gasteiger partial charge in [-0.15, -0.1) is 0 Å². The third kappa shape index (κ3) is 2.20. The number of ketones is 2.